The standard InChI is InChI=1S/C22H35N5O2.HI/c1-3-24-22(26-19-10-12-27(13-11-19)15-21(28)23-2)25-14-18-6-4-5-7-20(18)29-16-17-8-9-17;/h4-7,17,19H,3,8-16H2,1-2H3,(H,23,28)(H2,24,25,26);1H. The van der Waals surface area contributed by atoms with Gasteiger partial charge < -0.3 is 20.7 Å². The number of benzene rings is 1. The maximum atomic E-state index is 11.6. The first-order valence-electron chi connectivity index (χ1n) is 10.9. The van der Waals surface area contributed by atoms with Crippen molar-refractivity contribution in [1.82, 2.24) is 20.9 Å². The number of piperidine rings is 1. The van der Waals surface area contributed by atoms with E-state index in [9.17, 15) is 4.79 Å². The van der Waals surface area contributed by atoms with Crippen LogP contribution in [0.4, 0.5) is 0 Å². The average Bonchev–Trinajstić information content (AvgIpc) is 3.57. The van der Waals surface area contributed by atoms with Crippen molar-refractivity contribution in [2.24, 2.45) is 10.9 Å². The highest BCUT2D eigenvalue weighted by molar-refractivity contribution is 14.0. The zero-order chi connectivity index (χ0) is 20.5. The van der Waals surface area contributed by atoms with Crippen LogP contribution < -0.4 is 20.7 Å². The van der Waals surface area contributed by atoms with Crippen LogP contribution in [0.3, 0.4) is 0 Å². The Hall–Kier alpha value is -1.55. The van der Waals surface area contributed by atoms with Crippen LogP contribution in [0, 0.1) is 5.92 Å². The lowest BCUT2D eigenvalue weighted by molar-refractivity contribution is -0.122. The van der Waals surface area contributed by atoms with E-state index in [0.29, 0.717) is 19.1 Å². The maximum absolute atomic E-state index is 11.6. The summed E-state index contributed by atoms with van der Waals surface area (Å²) in [7, 11) is 1.69. The highest BCUT2D eigenvalue weighted by Gasteiger charge is 2.23. The van der Waals surface area contributed by atoms with Crippen LogP contribution in [0.15, 0.2) is 29.3 Å². The van der Waals surface area contributed by atoms with Crippen molar-refractivity contribution in [3.05, 3.63) is 29.8 Å². The molecule has 3 N–H and O–H groups in total. The van der Waals surface area contributed by atoms with Gasteiger partial charge in [0.05, 0.1) is 19.7 Å². The third-order valence-corrected chi connectivity index (χ3v) is 5.47. The summed E-state index contributed by atoms with van der Waals surface area (Å²) in [6, 6.07) is 8.56. The summed E-state index contributed by atoms with van der Waals surface area (Å²) in [5.41, 5.74) is 1.12. The Kier molecular flexibility index (Phi) is 10.7. The molecule has 168 valence electrons. The van der Waals surface area contributed by atoms with E-state index in [1.54, 1.807) is 7.05 Å². The number of amides is 1. The Morgan fingerprint density at radius 1 is 1.20 bits per heavy atom. The predicted molar refractivity (Wildman–Crippen MR) is 132 cm³/mol. The molecule has 1 aromatic carbocycles. The predicted octanol–water partition coefficient (Wildman–Crippen LogP) is 2.36. The molecule has 1 heterocycles. The molecule has 1 aliphatic carbocycles. The van der Waals surface area contributed by atoms with Crippen molar-refractivity contribution in [1.29, 1.82) is 0 Å². The van der Waals surface area contributed by atoms with Gasteiger partial charge in [-0.1, -0.05) is 18.2 Å². The number of aliphatic imine (C=N–C) groups is 1. The number of rotatable bonds is 9. The molecule has 30 heavy (non-hydrogen) atoms. The summed E-state index contributed by atoms with van der Waals surface area (Å²) in [5, 5.41) is 9.61. The number of nitrogens with zero attached hydrogens (tertiary/aromatic N) is 2. The van der Waals surface area contributed by atoms with Crippen LogP contribution in [-0.2, 0) is 11.3 Å². The molecule has 0 spiro atoms. The smallest absolute Gasteiger partial charge is 0.233 e. The molecular weight excluding hydrogens is 493 g/mol. The number of likely N-dealkylation sites (N-methyl/N-ethyl adjacent to an activating group) is 1. The Balaban J connectivity index is 0.00000320. The summed E-state index contributed by atoms with van der Waals surface area (Å²) in [5.74, 6) is 2.60. The summed E-state index contributed by atoms with van der Waals surface area (Å²) < 4.78 is 6.01. The lowest BCUT2D eigenvalue weighted by Gasteiger charge is -2.32. The molecule has 3 rings (SSSR count). The van der Waals surface area contributed by atoms with E-state index in [1.807, 2.05) is 18.2 Å². The fourth-order valence-electron chi connectivity index (χ4n) is 3.46. The van der Waals surface area contributed by atoms with E-state index in [0.717, 1.165) is 62.3 Å². The van der Waals surface area contributed by atoms with Crippen LogP contribution in [0.25, 0.3) is 0 Å². The van der Waals surface area contributed by atoms with Gasteiger partial charge in [0, 0.05) is 38.3 Å². The van der Waals surface area contributed by atoms with Crippen molar-refractivity contribution in [3.8, 4) is 5.75 Å². The second-order valence-corrected chi connectivity index (χ2v) is 7.93. The molecule has 0 radical (unpaired) electrons. The van der Waals surface area contributed by atoms with Gasteiger partial charge in [0.15, 0.2) is 5.96 Å². The number of halogens is 1. The first-order chi connectivity index (χ1) is 14.2. The summed E-state index contributed by atoms with van der Waals surface area (Å²) >= 11 is 0. The minimum atomic E-state index is 0. The SMILES string of the molecule is CCNC(=NCc1ccccc1OCC1CC1)NC1CCN(CC(=O)NC)CC1.I. The number of guanidine groups is 1. The minimum absolute atomic E-state index is 0. The Bertz CT molecular complexity index is 688. The third-order valence-electron chi connectivity index (χ3n) is 5.47. The lowest BCUT2D eigenvalue weighted by atomic mass is 10.1. The van der Waals surface area contributed by atoms with Gasteiger partial charge in [-0.05, 0) is 44.6 Å². The summed E-state index contributed by atoms with van der Waals surface area (Å²) in [6.45, 7) is 6.62. The monoisotopic (exact) mass is 529 g/mol. The van der Waals surface area contributed by atoms with Crippen LogP contribution in [0.1, 0.15) is 38.2 Å². The molecular formula is C22H36IN5O2. The lowest BCUT2D eigenvalue weighted by Crippen LogP contribution is -2.50. The van der Waals surface area contributed by atoms with Gasteiger partial charge in [-0.25, -0.2) is 4.99 Å². The van der Waals surface area contributed by atoms with E-state index in [2.05, 4.69) is 33.8 Å². The first kappa shape index (κ1) is 24.7. The summed E-state index contributed by atoms with van der Waals surface area (Å²) in [6.07, 6.45) is 4.58. The summed E-state index contributed by atoms with van der Waals surface area (Å²) in [4.78, 5) is 18.6. The molecule has 1 saturated heterocycles. The van der Waals surface area contributed by atoms with E-state index in [4.69, 9.17) is 9.73 Å². The van der Waals surface area contributed by atoms with E-state index >= 15 is 0 Å². The zero-order valence-electron chi connectivity index (χ0n) is 18.2. The van der Waals surface area contributed by atoms with Crippen molar-refractivity contribution in [3.63, 3.8) is 0 Å². The molecule has 0 aromatic heterocycles. The fourth-order valence-corrected chi connectivity index (χ4v) is 3.46. The molecule has 1 aliphatic heterocycles. The molecule has 0 unspecified atom stereocenters. The normalized spacial score (nSPS) is 17.7. The molecule has 0 atom stereocenters. The molecule has 1 amide bonds. The molecule has 0 bridgehead atoms. The van der Waals surface area contributed by atoms with E-state index < -0.39 is 0 Å². The van der Waals surface area contributed by atoms with Crippen molar-refractivity contribution in [2.45, 2.75) is 45.2 Å². The van der Waals surface area contributed by atoms with Crippen LogP contribution in [0.2, 0.25) is 0 Å². The van der Waals surface area contributed by atoms with Gasteiger partial charge in [-0.3, -0.25) is 9.69 Å². The molecule has 1 saturated carbocycles. The highest BCUT2D eigenvalue weighted by Crippen LogP contribution is 2.30. The third kappa shape index (κ3) is 8.29. The number of likely N-dealkylation sites (tertiary alicyclic amines) is 1. The van der Waals surface area contributed by atoms with Gasteiger partial charge >= 0.3 is 0 Å². The van der Waals surface area contributed by atoms with Crippen LogP contribution in [-0.4, -0.2) is 62.6 Å². The minimum Gasteiger partial charge on any atom is -0.493 e. The maximum Gasteiger partial charge on any atom is 0.233 e. The number of carbonyl (C=O) groups excluding carboxylic acids is 1. The number of nitrogens with one attached hydrogen (secondary N) is 3. The zero-order valence-corrected chi connectivity index (χ0v) is 20.5. The molecule has 2 fully saturated rings. The molecule has 7 nitrogen and oxygen atoms in total. The number of hydrogen-bond donors (Lipinski definition) is 3. The number of ether oxygens (including phenoxy) is 1. The largest absolute Gasteiger partial charge is 0.493 e. The number of hydrogen-bond acceptors (Lipinski definition) is 4. The van der Waals surface area contributed by atoms with Gasteiger partial charge in [0.2, 0.25) is 5.91 Å². The second-order valence-electron chi connectivity index (χ2n) is 7.93. The van der Waals surface area contributed by atoms with Crippen LogP contribution >= 0.6 is 24.0 Å². The molecule has 2 aliphatic rings. The van der Waals surface area contributed by atoms with Crippen molar-refractivity contribution >= 4 is 35.8 Å². The van der Waals surface area contributed by atoms with E-state index in [1.165, 1.54) is 12.8 Å². The van der Waals surface area contributed by atoms with Gasteiger partial charge in [0.1, 0.15) is 5.75 Å². The topological polar surface area (TPSA) is 78.0 Å². The quantitative estimate of drug-likeness (QED) is 0.260. The van der Waals surface area contributed by atoms with Crippen molar-refractivity contribution < 1.29 is 9.53 Å². The fraction of sp³-hybridized carbons (Fsp3) is 0.636. The number of carbonyl (C=O) groups is 1. The Labute approximate surface area is 197 Å². The average molecular weight is 529 g/mol. The van der Waals surface area contributed by atoms with Gasteiger partial charge in [-0.15, -0.1) is 24.0 Å². The van der Waals surface area contributed by atoms with Crippen LogP contribution in [0.5, 0.6) is 5.75 Å². The highest BCUT2D eigenvalue weighted by atomic mass is 127. The Morgan fingerprint density at radius 2 is 1.93 bits per heavy atom. The van der Waals surface area contributed by atoms with E-state index in [-0.39, 0.29) is 29.9 Å². The molecule has 8 heteroatoms. The van der Waals surface area contributed by atoms with Crippen molar-refractivity contribution in [2.75, 3.05) is 39.8 Å². The molecule has 1 aromatic rings. The first-order valence-corrected chi connectivity index (χ1v) is 10.9. The van der Waals surface area contributed by atoms with Gasteiger partial charge in [0.25, 0.3) is 0 Å². The Morgan fingerprint density at radius 3 is 2.60 bits per heavy atom. The second kappa shape index (κ2) is 13.0. The number of para-hydroxylation sites is 1. The van der Waals surface area contributed by atoms with Gasteiger partial charge in [-0.2, -0.15) is 0 Å².